The van der Waals surface area contributed by atoms with E-state index in [0.29, 0.717) is 18.3 Å². The summed E-state index contributed by atoms with van der Waals surface area (Å²) in [6.45, 7) is 1.36. The molecule has 1 aliphatic heterocycles. The van der Waals surface area contributed by atoms with Crippen molar-refractivity contribution in [2.24, 2.45) is 4.99 Å². The van der Waals surface area contributed by atoms with Gasteiger partial charge in [0.1, 0.15) is 5.15 Å². The molecule has 0 saturated carbocycles. The summed E-state index contributed by atoms with van der Waals surface area (Å²) in [4.78, 5) is 13.7. The van der Waals surface area contributed by atoms with E-state index >= 15 is 0 Å². The minimum atomic E-state index is 0.502. The summed E-state index contributed by atoms with van der Waals surface area (Å²) in [5.41, 5.74) is 1.05. The van der Waals surface area contributed by atoms with E-state index in [1.54, 1.807) is 36.1 Å². The predicted octanol–water partition coefficient (Wildman–Crippen LogP) is 2.20. The van der Waals surface area contributed by atoms with Crippen molar-refractivity contribution in [3.8, 4) is 0 Å². The maximum absolute atomic E-state index is 5.73. The highest BCUT2D eigenvalue weighted by molar-refractivity contribution is 8.13. The van der Waals surface area contributed by atoms with Crippen LogP contribution in [0.3, 0.4) is 0 Å². The average Bonchev–Trinajstić information content (AvgIpc) is 2.33. The molecule has 1 aliphatic rings. The molecule has 0 unspecified atom stereocenters. The van der Waals surface area contributed by atoms with Crippen LogP contribution in [0.2, 0.25) is 5.15 Å². The summed E-state index contributed by atoms with van der Waals surface area (Å²) in [5, 5.41) is 3.20. The van der Waals surface area contributed by atoms with Crippen molar-refractivity contribution in [1.82, 2.24) is 10.0 Å². The van der Waals surface area contributed by atoms with Crippen molar-refractivity contribution in [3.05, 3.63) is 29.0 Å². The van der Waals surface area contributed by atoms with Gasteiger partial charge in [0.2, 0.25) is 0 Å². The van der Waals surface area contributed by atoms with Gasteiger partial charge in [0.15, 0.2) is 5.17 Å². The van der Waals surface area contributed by atoms with Gasteiger partial charge in [-0.05, 0) is 11.6 Å². The minimum Gasteiger partial charge on any atom is -0.270 e. The number of hydrogen-bond donors (Lipinski definition) is 0. The standard InChI is InChI=1S/C10H12ClN3OS/c1-12-10-14(15-4-5-16-10)7-8-2-3-9(11)13-6-8/h2-3,6H,4-5,7H2,1H3. The molecule has 0 atom stereocenters. The molecule has 0 amide bonds. The summed E-state index contributed by atoms with van der Waals surface area (Å²) in [5.74, 6) is 0.946. The van der Waals surface area contributed by atoms with E-state index in [2.05, 4.69) is 9.98 Å². The number of rotatable bonds is 2. The van der Waals surface area contributed by atoms with Crippen LogP contribution in [0.4, 0.5) is 0 Å². The number of nitrogens with zero attached hydrogens (tertiary/aromatic N) is 3. The highest BCUT2D eigenvalue weighted by atomic mass is 35.5. The molecule has 1 saturated heterocycles. The molecule has 0 aromatic carbocycles. The maximum Gasteiger partial charge on any atom is 0.183 e. The molecule has 0 radical (unpaired) electrons. The largest absolute Gasteiger partial charge is 0.270 e. The summed E-state index contributed by atoms with van der Waals surface area (Å²) in [6, 6.07) is 3.71. The van der Waals surface area contributed by atoms with Gasteiger partial charge in [0.25, 0.3) is 0 Å². The Balaban J connectivity index is 2.05. The van der Waals surface area contributed by atoms with E-state index in [9.17, 15) is 0 Å². The van der Waals surface area contributed by atoms with Crippen molar-refractivity contribution >= 4 is 28.5 Å². The number of hydroxylamine groups is 2. The molecule has 1 aromatic heterocycles. The van der Waals surface area contributed by atoms with Crippen molar-refractivity contribution < 1.29 is 4.84 Å². The Morgan fingerprint density at radius 3 is 3.19 bits per heavy atom. The second kappa shape index (κ2) is 5.52. The Morgan fingerprint density at radius 2 is 2.50 bits per heavy atom. The molecule has 0 N–H and O–H groups in total. The quantitative estimate of drug-likeness (QED) is 0.762. The number of amidine groups is 1. The fourth-order valence-electron chi connectivity index (χ4n) is 1.36. The zero-order chi connectivity index (χ0) is 11.4. The third-order valence-corrected chi connectivity index (χ3v) is 3.32. The van der Waals surface area contributed by atoms with E-state index in [1.165, 1.54) is 0 Å². The van der Waals surface area contributed by atoms with Crippen LogP contribution in [0.15, 0.2) is 23.3 Å². The van der Waals surface area contributed by atoms with Crippen LogP contribution >= 0.6 is 23.4 Å². The average molecular weight is 258 g/mol. The number of aliphatic imine (C=N–C) groups is 1. The highest BCUT2D eigenvalue weighted by Crippen LogP contribution is 2.18. The Labute approximate surface area is 104 Å². The van der Waals surface area contributed by atoms with Gasteiger partial charge in [-0.15, -0.1) is 0 Å². The third-order valence-electron chi connectivity index (χ3n) is 2.08. The predicted molar refractivity (Wildman–Crippen MR) is 66.6 cm³/mol. The highest BCUT2D eigenvalue weighted by Gasteiger charge is 2.17. The van der Waals surface area contributed by atoms with Gasteiger partial charge in [-0.25, -0.2) is 10.0 Å². The van der Waals surface area contributed by atoms with E-state index < -0.39 is 0 Å². The molecular formula is C10H12ClN3OS. The van der Waals surface area contributed by atoms with Gasteiger partial charge < -0.3 is 0 Å². The molecule has 6 heteroatoms. The molecule has 86 valence electrons. The van der Waals surface area contributed by atoms with Gasteiger partial charge in [0, 0.05) is 19.0 Å². The van der Waals surface area contributed by atoms with Gasteiger partial charge in [-0.1, -0.05) is 29.4 Å². The monoisotopic (exact) mass is 257 g/mol. The summed E-state index contributed by atoms with van der Waals surface area (Å²) < 4.78 is 0. The lowest BCUT2D eigenvalue weighted by Gasteiger charge is -2.28. The first-order valence-electron chi connectivity index (χ1n) is 4.90. The molecule has 0 bridgehead atoms. The summed E-state index contributed by atoms with van der Waals surface area (Å²) >= 11 is 7.42. The first kappa shape index (κ1) is 11.7. The number of pyridine rings is 1. The van der Waals surface area contributed by atoms with Crippen LogP contribution in [-0.4, -0.2) is 34.6 Å². The lowest BCUT2D eigenvalue weighted by Crippen LogP contribution is -2.33. The van der Waals surface area contributed by atoms with Crippen molar-refractivity contribution in [1.29, 1.82) is 0 Å². The molecule has 1 fully saturated rings. The van der Waals surface area contributed by atoms with Crippen LogP contribution < -0.4 is 0 Å². The van der Waals surface area contributed by atoms with Gasteiger partial charge in [0.05, 0.1) is 13.2 Å². The van der Waals surface area contributed by atoms with Crippen LogP contribution in [0, 0.1) is 0 Å². The Hall–Kier alpha value is -0.780. The van der Waals surface area contributed by atoms with Gasteiger partial charge in [-0.2, -0.15) is 0 Å². The zero-order valence-electron chi connectivity index (χ0n) is 8.89. The fourth-order valence-corrected chi connectivity index (χ4v) is 2.21. The number of aromatic nitrogens is 1. The van der Waals surface area contributed by atoms with Crippen molar-refractivity contribution in [2.45, 2.75) is 6.54 Å². The normalized spacial score (nSPS) is 19.1. The first-order chi connectivity index (χ1) is 7.79. The number of hydrogen-bond acceptors (Lipinski definition) is 4. The molecule has 1 aromatic rings. The van der Waals surface area contributed by atoms with E-state index in [0.717, 1.165) is 16.5 Å². The Morgan fingerprint density at radius 1 is 1.62 bits per heavy atom. The summed E-state index contributed by atoms with van der Waals surface area (Å²) in [7, 11) is 1.77. The minimum absolute atomic E-state index is 0.502. The lowest BCUT2D eigenvalue weighted by atomic mass is 10.3. The fraction of sp³-hybridized carbons (Fsp3) is 0.400. The van der Waals surface area contributed by atoms with Crippen LogP contribution in [0.25, 0.3) is 0 Å². The Kier molecular flexibility index (Phi) is 4.04. The SMILES string of the molecule is CN=C1SCCON1Cc1ccc(Cl)nc1. The lowest BCUT2D eigenvalue weighted by molar-refractivity contribution is -0.0991. The zero-order valence-corrected chi connectivity index (χ0v) is 10.5. The molecule has 2 heterocycles. The Bertz CT molecular complexity index is 382. The topological polar surface area (TPSA) is 37.7 Å². The van der Waals surface area contributed by atoms with Crippen LogP contribution in [0.1, 0.15) is 5.56 Å². The van der Waals surface area contributed by atoms with Crippen molar-refractivity contribution in [2.75, 3.05) is 19.4 Å². The molecule has 0 spiro atoms. The van der Waals surface area contributed by atoms with E-state index in [4.69, 9.17) is 16.4 Å². The van der Waals surface area contributed by atoms with Crippen LogP contribution in [0.5, 0.6) is 0 Å². The second-order valence-corrected chi connectivity index (χ2v) is 4.66. The molecule has 0 aliphatic carbocycles. The van der Waals surface area contributed by atoms with E-state index in [1.807, 2.05) is 6.07 Å². The van der Waals surface area contributed by atoms with E-state index in [-0.39, 0.29) is 0 Å². The number of thioether (sulfide) groups is 1. The first-order valence-corrected chi connectivity index (χ1v) is 6.26. The van der Waals surface area contributed by atoms with Crippen molar-refractivity contribution in [3.63, 3.8) is 0 Å². The smallest absolute Gasteiger partial charge is 0.183 e. The molecule has 4 nitrogen and oxygen atoms in total. The second-order valence-electron chi connectivity index (χ2n) is 3.21. The van der Waals surface area contributed by atoms with Gasteiger partial charge in [-0.3, -0.25) is 9.83 Å². The molecule has 2 rings (SSSR count). The summed E-state index contributed by atoms with van der Waals surface area (Å²) in [6.07, 6.45) is 1.75. The molecular weight excluding hydrogens is 246 g/mol. The van der Waals surface area contributed by atoms with Crippen LogP contribution in [-0.2, 0) is 11.4 Å². The molecule has 16 heavy (non-hydrogen) atoms. The third kappa shape index (κ3) is 2.87. The number of halogens is 1. The maximum atomic E-state index is 5.73. The van der Waals surface area contributed by atoms with Gasteiger partial charge >= 0.3 is 0 Å².